The summed E-state index contributed by atoms with van der Waals surface area (Å²) < 4.78 is 0. The van der Waals surface area contributed by atoms with E-state index >= 15 is 0 Å². The molecule has 0 aliphatic rings. The van der Waals surface area contributed by atoms with Crippen LogP contribution in [0.25, 0.3) is 0 Å². The molecule has 2 heterocycles. The summed E-state index contributed by atoms with van der Waals surface area (Å²) in [7, 11) is 0. The standard InChI is InChI=1S/C12H15N3S/c1-3-10(11-5-4-6-16-11)15-12-7-9(2)13-8-14-12/h4-8,10H,3H2,1-2H3,(H,13,14,15). The Kier molecular flexibility index (Phi) is 3.51. The Morgan fingerprint density at radius 3 is 2.94 bits per heavy atom. The Morgan fingerprint density at radius 1 is 1.44 bits per heavy atom. The molecule has 2 aromatic heterocycles. The van der Waals surface area contributed by atoms with Gasteiger partial charge in [-0.1, -0.05) is 13.0 Å². The van der Waals surface area contributed by atoms with E-state index in [0.29, 0.717) is 6.04 Å². The quantitative estimate of drug-likeness (QED) is 0.879. The number of nitrogens with zero attached hydrogens (tertiary/aromatic N) is 2. The average molecular weight is 233 g/mol. The zero-order valence-electron chi connectivity index (χ0n) is 9.47. The molecule has 0 radical (unpaired) electrons. The molecule has 0 spiro atoms. The van der Waals surface area contributed by atoms with Crippen molar-refractivity contribution < 1.29 is 0 Å². The Labute approximate surface area is 99.6 Å². The van der Waals surface area contributed by atoms with Gasteiger partial charge < -0.3 is 5.32 Å². The molecule has 0 fully saturated rings. The topological polar surface area (TPSA) is 37.8 Å². The lowest BCUT2D eigenvalue weighted by molar-refractivity contribution is 0.757. The van der Waals surface area contributed by atoms with E-state index in [0.717, 1.165) is 17.9 Å². The summed E-state index contributed by atoms with van der Waals surface area (Å²) in [5.41, 5.74) is 0.985. The van der Waals surface area contributed by atoms with Crippen molar-refractivity contribution in [2.24, 2.45) is 0 Å². The van der Waals surface area contributed by atoms with Crippen molar-refractivity contribution >= 4 is 17.2 Å². The van der Waals surface area contributed by atoms with E-state index in [1.807, 2.05) is 13.0 Å². The minimum absolute atomic E-state index is 0.342. The molecular weight excluding hydrogens is 218 g/mol. The minimum atomic E-state index is 0.342. The Morgan fingerprint density at radius 2 is 2.31 bits per heavy atom. The summed E-state index contributed by atoms with van der Waals surface area (Å²) in [4.78, 5) is 9.65. The first-order valence-corrected chi connectivity index (χ1v) is 6.26. The van der Waals surface area contributed by atoms with Gasteiger partial charge in [0.1, 0.15) is 12.1 Å². The fraction of sp³-hybridized carbons (Fsp3) is 0.333. The lowest BCUT2D eigenvalue weighted by Crippen LogP contribution is -2.09. The monoisotopic (exact) mass is 233 g/mol. The lowest BCUT2D eigenvalue weighted by Gasteiger charge is -2.15. The zero-order valence-corrected chi connectivity index (χ0v) is 10.3. The van der Waals surface area contributed by atoms with Gasteiger partial charge in [-0.05, 0) is 24.8 Å². The molecule has 0 saturated heterocycles. The van der Waals surface area contributed by atoms with Crippen LogP contribution in [0.4, 0.5) is 5.82 Å². The number of hydrogen-bond donors (Lipinski definition) is 1. The first kappa shape index (κ1) is 11.1. The van der Waals surface area contributed by atoms with Crippen LogP contribution < -0.4 is 5.32 Å². The van der Waals surface area contributed by atoms with Crippen molar-refractivity contribution in [3.05, 3.63) is 40.5 Å². The summed E-state index contributed by atoms with van der Waals surface area (Å²) in [6.07, 6.45) is 2.64. The lowest BCUT2D eigenvalue weighted by atomic mass is 10.2. The smallest absolute Gasteiger partial charge is 0.130 e. The highest BCUT2D eigenvalue weighted by atomic mass is 32.1. The van der Waals surface area contributed by atoms with Crippen LogP contribution in [0.5, 0.6) is 0 Å². The number of anilines is 1. The second-order valence-electron chi connectivity index (χ2n) is 3.67. The molecule has 1 unspecified atom stereocenters. The van der Waals surface area contributed by atoms with Crippen LogP contribution in [0.1, 0.15) is 30.0 Å². The van der Waals surface area contributed by atoms with Crippen LogP contribution in [0, 0.1) is 6.92 Å². The summed E-state index contributed by atoms with van der Waals surface area (Å²) in [5, 5.41) is 5.53. The minimum Gasteiger partial charge on any atom is -0.362 e. The van der Waals surface area contributed by atoms with E-state index in [1.165, 1.54) is 4.88 Å². The van der Waals surface area contributed by atoms with E-state index in [-0.39, 0.29) is 0 Å². The van der Waals surface area contributed by atoms with E-state index in [4.69, 9.17) is 0 Å². The largest absolute Gasteiger partial charge is 0.362 e. The summed E-state index contributed by atoms with van der Waals surface area (Å²) in [6.45, 7) is 4.14. The number of rotatable bonds is 4. The van der Waals surface area contributed by atoms with Gasteiger partial charge in [-0.25, -0.2) is 9.97 Å². The first-order valence-electron chi connectivity index (χ1n) is 5.38. The van der Waals surface area contributed by atoms with Gasteiger partial charge in [0.05, 0.1) is 6.04 Å². The summed E-state index contributed by atoms with van der Waals surface area (Å²) in [6, 6.07) is 6.54. The summed E-state index contributed by atoms with van der Waals surface area (Å²) >= 11 is 1.77. The third-order valence-electron chi connectivity index (χ3n) is 2.42. The molecule has 2 aromatic rings. The second kappa shape index (κ2) is 5.07. The average Bonchev–Trinajstić information content (AvgIpc) is 2.79. The Hall–Kier alpha value is -1.42. The number of hydrogen-bond acceptors (Lipinski definition) is 4. The molecule has 0 saturated carbocycles. The van der Waals surface area contributed by atoms with Gasteiger partial charge in [-0.3, -0.25) is 0 Å². The first-order chi connectivity index (χ1) is 7.79. The predicted molar refractivity (Wildman–Crippen MR) is 67.7 cm³/mol. The van der Waals surface area contributed by atoms with Crippen LogP contribution >= 0.6 is 11.3 Å². The highest BCUT2D eigenvalue weighted by molar-refractivity contribution is 7.10. The van der Waals surface area contributed by atoms with E-state index in [2.05, 4.69) is 39.7 Å². The SMILES string of the molecule is CCC(Nc1cc(C)ncn1)c1cccs1. The highest BCUT2D eigenvalue weighted by Crippen LogP contribution is 2.25. The maximum atomic E-state index is 4.22. The predicted octanol–water partition coefficient (Wildman–Crippen LogP) is 3.41. The van der Waals surface area contributed by atoms with Gasteiger partial charge in [0.25, 0.3) is 0 Å². The van der Waals surface area contributed by atoms with Crippen LogP contribution in [-0.4, -0.2) is 9.97 Å². The summed E-state index contributed by atoms with van der Waals surface area (Å²) in [5.74, 6) is 0.896. The molecule has 3 nitrogen and oxygen atoms in total. The Bertz CT molecular complexity index is 439. The van der Waals surface area contributed by atoms with Gasteiger partial charge in [0.15, 0.2) is 0 Å². The molecular formula is C12H15N3S. The molecule has 0 aliphatic carbocycles. The van der Waals surface area contributed by atoms with Crippen LogP contribution in [-0.2, 0) is 0 Å². The van der Waals surface area contributed by atoms with E-state index < -0.39 is 0 Å². The van der Waals surface area contributed by atoms with Gasteiger partial charge >= 0.3 is 0 Å². The normalized spacial score (nSPS) is 12.4. The zero-order chi connectivity index (χ0) is 11.4. The number of aromatic nitrogens is 2. The van der Waals surface area contributed by atoms with Gasteiger partial charge in [-0.15, -0.1) is 11.3 Å². The van der Waals surface area contributed by atoms with Gasteiger partial charge in [-0.2, -0.15) is 0 Å². The number of nitrogens with one attached hydrogen (secondary N) is 1. The fourth-order valence-corrected chi connectivity index (χ4v) is 2.44. The van der Waals surface area contributed by atoms with Crippen molar-refractivity contribution in [3.8, 4) is 0 Å². The van der Waals surface area contributed by atoms with Crippen molar-refractivity contribution in [1.82, 2.24) is 9.97 Å². The van der Waals surface area contributed by atoms with Crippen LogP contribution in [0.2, 0.25) is 0 Å². The number of thiophene rings is 1. The maximum absolute atomic E-state index is 4.22. The van der Waals surface area contributed by atoms with Crippen molar-refractivity contribution in [2.75, 3.05) is 5.32 Å². The number of aryl methyl sites for hydroxylation is 1. The molecule has 0 aromatic carbocycles. The second-order valence-corrected chi connectivity index (χ2v) is 4.64. The van der Waals surface area contributed by atoms with Crippen LogP contribution in [0.3, 0.4) is 0 Å². The van der Waals surface area contributed by atoms with E-state index in [1.54, 1.807) is 17.7 Å². The third-order valence-corrected chi connectivity index (χ3v) is 3.41. The molecule has 84 valence electrons. The molecule has 0 amide bonds. The molecule has 16 heavy (non-hydrogen) atoms. The molecule has 4 heteroatoms. The Balaban J connectivity index is 2.13. The maximum Gasteiger partial charge on any atom is 0.130 e. The molecule has 0 bridgehead atoms. The van der Waals surface area contributed by atoms with Crippen molar-refractivity contribution in [3.63, 3.8) is 0 Å². The van der Waals surface area contributed by atoms with E-state index in [9.17, 15) is 0 Å². The molecule has 1 N–H and O–H groups in total. The van der Waals surface area contributed by atoms with Crippen molar-refractivity contribution in [1.29, 1.82) is 0 Å². The van der Waals surface area contributed by atoms with Gasteiger partial charge in [0, 0.05) is 16.6 Å². The van der Waals surface area contributed by atoms with Crippen molar-refractivity contribution in [2.45, 2.75) is 26.3 Å². The van der Waals surface area contributed by atoms with Crippen LogP contribution in [0.15, 0.2) is 29.9 Å². The highest BCUT2D eigenvalue weighted by Gasteiger charge is 2.10. The fourth-order valence-electron chi connectivity index (χ4n) is 1.58. The molecule has 0 aliphatic heterocycles. The molecule has 2 rings (SSSR count). The third kappa shape index (κ3) is 2.58. The molecule has 1 atom stereocenters. The van der Waals surface area contributed by atoms with Gasteiger partial charge in [0.2, 0.25) is 0 Å².